The second-order valence-corrected chi connectivity index (χ2v) is 10.6. The molecule has 192 valence electrons. The standard InChI is InChI=1S/C30H27ClN4O2S/c1-17(2)18-11-13-24-21(16-18)26(19-8-5-6-10-22(19)31)28(29(36)34(24)3)35(30(32)37)27-20-9-7-15-33-23(20)12-14-25(27)38-4/h5-17H,1-4H3,(H2,32,37). The highest BCUT2D eigenvalue weighted by Crippen LogP contribution is 2.45. The van der Waals surface area contributed by atoms with Crippen LogP contribution in [-0.2, 0) is 7.05 Å². The lowest BCUT2D eigenvalue weighted by atomic mass is 9.94. The van der Waals surface area contributed by atoms with Crippen LogP contribution in [0.2, 0.25) is 5.02 Å². The molecule has 6 nitrogen and oxygen atoms in total. The Labute approximate surface area is 230 Å². The number of nitrogens with two attached hydrogens (primary N) is 1. The van der Waals surface area contributed by atoms with Crippen molar-refractivity contribution in [1.82, 2.24) is 9.55 Å². The zero-order valence-electron chi connectivity index (χ0n) is 21.5. The Morgan fingerprint density at radius 3 is 2.47 bits per heavy atom. The maximum absolute atomic E-state index is 14.2. The maximum Gasteiger partial charge on any atom is 0.324 e. The van der Waals surface area contributed by atoms with E-state index >= 15 is 0 Å². The molecule has 2 amide bonds. The summed E-state index contributed by atoms with van der Waals surface area (Å²) < 4.78 is 1.56. The van der Waals surface area contributed by atoms with Crippen molar-refractivity contribution >= 4 is 62.6 Å². The van der Waals surface area contributed by atoms with Gasteiger partial charge < -0.3 is 10.3 Å². The second-order valence-electron chi connectivity index (χ2n) is 9.36. The largest absolute Gasteiger partial charge is 0.351 e. The van der Waals surface area contributed by atoms with Gasteiger partial charge in [0, 0.05) is 45.1 Å². The van der Waals surface area contributed by atoms with Gasteiger partial charge in [-0.2, -0.15) is 0 Å². The molecule has 38 heavy (non-hydrogen) atoms. The highest BCUT2D eigenvalue weighted by atomic mass is 35.5. The number of benzene rings is 3. The van der Waals surface area contributed by atoms with Gasteiger partial charge in [-0.3, -0.25) is 14.7 Å². The number of carbonyl (C=O) groups is 1. The highest BCUT2D eigenvalue weighted by Gasteiger charge is 2.30. The number of aromatic nitrogens is 2. The normalized spacial score (nSPS) is 11.4. The van der Waals surface area contributed by atoms with Crippen molar-refractivity contribution in [3.8, 4) is 11.1 Å². The topological polar surface area (TPSA) is 81.2 Å². The van der Waals surface area contributed by atoms with Gasteiger partial charge >= 0.3 is 6.03 Å². The Morgan fingerprint density at radius 1 is 1.03 bits per heavy atom. The number of nitrogens with zero attached hydrogens (tertiary/aromatic N) is 3. The summed E-state index contributed by atoms with van der Waals surface area (Å²) in [5.74, 6) is 0.249. The summed E-state index contributed by atoms with van der Waals surface area (Å²) in [5.41, 5.74) is 10.1. The molecule has 0 aliphatic carbocycles. The summed E-state index contributed by atoms with van der Waals surface area (Å²) in [6, 6.07) is 20.1. The molecule has 0 saturated carbocycles. The van der Waals surface area contributed by atoms with Crippen molar-refractivity contribution in [2.75, 3.05) is 11.2 Å². The Kier molecular flexibility index (Phi) is 6.90. The van der Waals surface area contributed by atoms with E-state index in [0.29, 0.717) is 32.7 Å². The highest BCUT2D eigenvalue weighted by molar-refractivity contribution is 7.98. The average molecular weight is 543 g/mol. The predicted molar refractivity (Wildman–Crippen MR) is 159 cm³/mol. The molecular formula is C30H27ClN4O2S. The van der Waals surface area contributed by atoms with E-state index in [9.17, 15) is 9.59 Å². The van der Waals surface area contributed by atoms with Gasteiger partial charge in [0.1, 0.15) is 5.69 Å². The number of halogens is 1. The monoisotopic (exact) mass is 542 g/mol. The third-order valence-electron chi connectivity index (χ3n) is 6.81. The van der Waals surface area contributed by atoms with Gasteiger partial charge in [0.05, 0.1) is 16.7 Å². The molecule has 0 fully saturated rings. The van der Waals surface area contributed by atoms with Gasteiger partial charge in [-0.05, 0) is 60.2 Å². The molecule has 0 atom stereocenters. The number of pyridine rings is 2. The maximum atomic E-state index is 14.2. The average Bonchev–Trinajstić information content (AvgIpc) is 2.91. The fourth-order valence-corrected chi connectivity index (χ4v) is 5.73. The molecule has 0 unspecified atom stereocenters. The van der Waals surface area contributed by atoms with Crippen molar-refractivity contribution in [2.24, 2.45) is 12.8 Å². The number of aryl methyl sites for hydroxylation is 1. The van der Waals surface area contributed by atoms with E-state index in [0.717, 1.165) is 21.4 Å². The number of fused-ring (bicyclic) bond motifs is 2. The number of primary amides is 1. The van der Waals surface area contributed by atoms with Gasteiger partial charge in [0.15, 0.2) is 0 Å². The Bertz CT molecular complexity index is 1780. The van der Waals surface area contributed by atoms with Gasteiger partial charge in [0.2, 0.25) is 0 Å². The quantitative estimate of drug-likeness (QED) is 0.233. The van der Waals surface area contributed by atoms with Crippen LogP contribution in [0.4, 0.5) is 16.2 Å². The fraction of sp³-hybridized carbons (Fsp3) is 0.167. The van der Waals surface area contributed by atoms with E-state index < -0.39 is 6.03 Å². The minimum absolute atomic E-state index is 0.146. The van der Waals surface area contributed by atoms with Gasteiger partial charge in [0.25, 0.3) is 5.56 Å². The molecular weight excluding hydrogens is 516 g/mol. The number of thioether (sulfide) groups is 1. The first-order valence-corrected chi connectivity index (χ1v) is 13.8. The minimum Gasteiger partial charge on any atom is -0.351 e. The number of carbonyl (C=O) groups excluding carboxylic acids is 1. The molecule has 5 aromatic rings. The SMILES string of the molecule is CSc1ccc2ncccc2c1N(C(N)=O)c1c(-c2ccccc2Cl)c2cc(C(C)C)ccc2n(C)c1=O. The van der Waals surface area contributed by atoms with Crippen molar-refractivity contribution in [2.45, 2.75) is 24.7 Å². The molecule has 8 heteroatoms. The Morgan fingerprint density at radius 2 is 1.79 bits per heavy atom. The van der Waals surface area contributed by atoms with Crippen molar-refractivity contribution in [3.63, 3.8) is 0 Å². The van der Waals surface area contributed by atoms with E-state index in [-0.39, 0.29) is 17.2 Å². The van der Waals surface area contributed by atoms with Gasteiger partial charge in [-0.25, -0.2) is 4.79 Å². The first kappa shape index (κ1) is 25.8. The minimum atomic E-state index is -0.776. The summed E-state index contributed by atoms with van der Waals surface area (Å²) >= 11 is 8.22. The van der Waals surface area contributed by atoms with E-state index in [1.807, 2.05) is 54.8 Å². The first-order valence-electron chi connectivity index (χ1n) is 12.2. The summed E-state index contributed by atoms with van der Waals surface area (Å²) in [7, 11) is 1.71. The van der Waals surface area contributed by atoms with Crippen LogP contribution in [0, 0.1) is 0 Å². The smallest absolute Gasteiger partial charge is 0.324 e. The molecule has 0 aliphatic heterocycles. The third kappa shape index (κ3) is 4.22. The zero-order valence-corrected chi connectivity index (χ0v) is 23.1. The lowest BCUT2D eigenvalue weighted by molar-refractivity contribution is 0.256. The Hall–Kier alpha value is -3.81. The lowest BCUT2D eigenvalue weighted by Crippen LogP contribution is -2.37. The molecule has 2 heterocycles. The molecule has 0 aliphatic rings. The number of rotatable bonds is 5. The van der Waals surface area contributed by atoms with Crippen LogP contribution in [0.25, 0.3) is 32.9 Å². The predicted octanol–water partition coefficient (Wildman–Crippen LogP) is 7.47. The van der Waals surface area contributed by atoms with Crippen molar-refractivity contribution in [3.05, 3.63) is 93.9 Å². The molecule has 3 aromatic carbocycles. The second kappa shape index (κ2) is 10.2. The third-order valence-corrected chi connectivity index (χ3v) is 7.91. The van der Waals surface area contributed by atoms with E-state index in [1.165, 1.54) is 16.7 Å². The summed E-state index contributed by atoms with van der Waals surface area (Å²) in [4.78, 5) is 34.2. The van der Waals surface area contributed by atoms with Gasteiger partial charge in [-0.15, -0.1) is 11.8 Å². The van der Waals surface area contributed by atoms with Crippen LogP contribution in [0.5, 0.6) is 0 Å². The molecule has 2 N–H and O–H groups in total. The van der Waals surface area contributed by atoms with Crippen molar-refractivity contribution in [1.29, 1.82) is 0 Å². The van der Waals surface area contributed by atoms with Crippen LogP contribution in [0.15, 0.2) is 82.6 Å². The molecule has 0 bridgehead atoms. The zero-order chi connectivity index (χ0) is 27.1. The van der Waals surface area contributed by atoms with E-state index in [2.05, 4.69) is 24.9 Å². The van der Waals surface area contributed by atoms with Gasteiger partial charge in [-0.1, -0.05) is 49.7 Å². The van der Waals surface area contributed by atoms with Crippen LogP contribution >= 0.6 is 23.4 Å². The fourth-order valence-electron chi connectivity index (χ4n) is 4.90. The molecule has 0 saturated heterocycles. The van der Waals surface area contributed by atoms with Crippen LogP contribution in [0.3, 0.4) is 0 Å². The molecule has 0 spiro atoms. The number of hydrogen-bond acceptors (Lipinski definition) is 4. The lowest BCUT2D eigenvalue weighted by Gasteiger charge is -2.28. The number of amides is 2. The van der Waals surface area contributed by atoms with E-state index in [4.69, 9.17) is 17.3 Å². The van der Waals surface area contributed by atoms with Crippen LogP contribution in [-0.4, -0.2) is 21.8 Å². The molecule has 5 rings (SSSR count). The molecule has 0 radical (unpaired) electrons. The number of hydrogen-bond donors (Lipinski definition) is 1. The summed E-state index contributed by atoms with van der Waals surface area (Å²) in [5, 5.41) is 1.98. The van der Waals surface area contributed by atoms with Crippen molar-refractivity contribution < 1.29 is 4.79 Å². The first-order chi connectivity index (χ1) is 18.2. The Balaban J connectivity index is 2.02. The molecule has 2 aromatic heterocycles. The number of urea groups is 1. The number of anilines is 2. The summed E-state index contributed by atoms with van der Waals surface area (Å²) in [6.07, 6.45) is 3.61. The van der Waals surface area contributed by atoms with Crippen LogP contribution in [0.1, 0.15) is 25.3 Å². The summed E-state index contributed by atoms with van der Waals surface area (Å²) in [6.45, 7) is 4.23. The van der Waals surface area contributed by atoms with E-state index in [1.54, 1.807) is 29.9 Å². The van der Waals surface area contributed by atoms with Crippen LogP contribution < -0.4 is 16.2 Å².